The molecular formula is C9H19N5. The summed E-state index contributed by atoms with van der Waals surface area (Å²) in [6.45, 7) is 4.85. The average molecular weight is 197 g/mol. The molecule has 1 rings (SSSR count). The van der Waals surface area contributed by atoms with Gasteiger partial charge in [-0.2, -0.15) is 0 Å². The first kappa shape index (κ1) is 11.0. The van der Waals surface area contributed by atoms with E-state index in [4.69, 9.17) is 5.73 Å². The molecule has 0 atom stereocenters. The summed E-state index contributed by atoms with van der Waals surface area (Å²) in [4.78, 5) is 1.97. The third kappa shape index (κ3) is 2.04. The molecule has 0 radical (unpaired) electrons. The van der Waals surface area contributed by atoms with Crippen LogP contribution in [0.3, 0.4) is 0 Å². The average Bonchev–Trinajstić information content (AvgIpc) is 2.48. The maximum Gasteiger partial charge on any atom is 0.226 e. The lowest BCUT2D eigenvalue weighted by molar-refractivity contribution is 0.566. The molecule has 0 aromatic carbocycles. The van der Waals surface area contributed by atoms with Crippen molar-refractivity contribution < 1.29 is 0 Å². The smallest absolute Gasteiger partial charge is 0.226 e. The minimum absolute atomic E-state index is 0.365. The summed E-state index contributed by atoms with van der Waals surface area (Å²) in [7, 11) is 3.93. The Bertz CT molecular complexity index is 289. The van der Waals surface area contributed by atoms with E-state index in [2.05, 4.69) is 28.6 Å². The van der Waals surface area contributed by atoms with Crippen LogP contribution in [0, 0.1) is 0 Å². The highest BCUT2D eigenvalue weighted by molar-refractivity contribution is 5.28. The van der Waals surface area contributed by atoms with Crippen LogP contribution in [-0.4, -0.2) is 35.4 Å². The third-order valence-electron chi connectivity index (χ3n) is 2.03. The van der Waals surface area contributed by atoms with Gasteiger partial charge in [-0.05, 0) is 20.4 Å². The Morgan fingerprint density at radius 2 is 2.00 bits per heavy atom. The summed E-state index contributed by atoms with van der Waals surface area (Å²) in [6.07, 6.45) is 0.777. The van der Waals surface area contributed by atoms with Gasteiger partial charge in [0, 0.05) is 26.6 Å². The van der Waals surface area contributed by atoms with Crippen molar-refractivity contribution in [1.29, 1.82) is 0 Å². The molecule has 0 saturated heterocycles. The Kier molecular flexibility index (Phi) is 3.46. The number of hydrogen-bond donors (Lipinski definition) is 1. The topological polar surface area (TPSA) is 60.0 Å². The van der Waals surface area contributed by atoms with Gasteiger partial charge in [-0.3, -0.25) is 4.57 Å². The second-order valence-electron chi connectivity index (χ2n) is 3.81. The molecular weight excluding hydrogens is 178 g/mol. The van der Waals surface area contributed by atoms with Crippen LogP contribution in [0.2, 0.25) is 0 Å². The van der Waals surface area contributed by atoms with Crippen LogP contribution in [0.4, 0.5) is 5.95 Å². The van der Waals surface area contributed by atoms with Crippen LogP contribution >= 0.6 is 0 Å². The molecule has 5 heteroatoms. The van der Waals surface area contributed by atoms with Crippen LogP contribution in [0.25, 0.3) is 0 Å². The van der Waals surface area contributed by atoms with Gasteiger partial charge < -0.3 is 10.6 Å². The lowest BCUT2D eigenvalue weighted by Crippen LogP contribution is -2.19. The summed E-state index contributed by atoms with van der Waals surface area (Å²) in [5, 5.41) is 8.28. The van der Waals surface area contributed by atoms with E-state index in [1.807, 2.05) is 19.0 Å². The van der Waals surface area contributed by atoms with E-state index < -0.39 is 0 Å². The van der Waals surface area contributed by atoms with Crippen LogP contribution < -0.4 is 10.6 Å². The number of nitrogens with two attached hydrogens (primary N) is 1. The van der Waals surface area contributed by atoms with Gasteiger partial charge >= 0.3 is 0 Å². The molecule has 80 valence electrons. The fraction of sp³-hybridized carbons (Fsp3) is 0.778. The highest BCUT2D eigenvalue weighted by Gasteiger charge is 2.14. The molecule has 1 aromatic rings. The zero-order valence-corrected chi connectivity index (χ0v) is 9.36. The summed E-state index contributed by atoms with van der Waals surface area (Å²) < 4.78 is 2.12. The maximum atomic E-state index is 5.52. The molecule has 1 heterocycles. The van der Waals surface area contributed by atoms with E-state index in [9.17, 15) is 0 Å². The largest absolute Gasteiger partial charge is 0.347 e. The van der Waals surface area contributed by atoms with E-state index in [-0.39, 0.29) is 0 Å². The highest BCUT2D eigenvalue weighted by atomic mass is 15.4. The normalized spacial score (nSPS) is 11.0. The van der Waals surface area contributed by atoms with Gasteiger partial charge in [-0.1, -0.05) is 0 Å². The van der Waals surface area contributed by atoms with Gasteiger partial charge in [0.05, 0.1) is 0 Å². The summed E-state index contributed by atoms with van der Waals surface area (Å²) in [5.41, 5.74) is 5.52. The zero-order valence-electron chi connectivity index (χ0n) is 9.36. The van der Waals surface area contributed by atoms with Gasteiger partial charge in [0.25, 0.3) is 0 Å². The van der Waals surface area contributed by atoms with Crippen molar-refractivity contribution in [2.75, 3.05) is 25.5 Å². The molecule has 0 aliphatic carbocycles. The van der Waals surface area contributed by atoms with Gasteiger partial charge in [-0.15, -0.1) is 10.2 Å². The molecule has 5 nitrogen and oxygen atoms in total. The molecule has 0 fully saturated rings. The molecule has 0 amide bonds. The van der Waals surface area contributed by atoms with E-state index in [1.54, 1.807) is 0 Å². The van der Waals surface area contributed by atoms with Crippen molar-refractivity contribution in [3.63, 3.8) is 0 Å². The van der Waals surface area contributed by atoms with Gasteiger partial charge in [0.1, 0.15) is 5.82 Å². The Morgan fingerprint density at radius 3 is 2.43 bits per heavy atom. The number of hydrogen-bond acceptors (Lipinski definition) is 4. The summed E-state index contributed by atoms with van der Waals surface area (Å²) >= 11 is 0. The summed E-state index contributed by atoms with van der Waals surface area (Å²) in [6, 6.07) is 0.365. The molecule has 0 bridgehead atoms. The first-order valence-corrected chi connectivity index (χ1v) is 4.89. The first-order valence-electron chi connectivity index (χ1n) is 4.89. The quantitative estimate of drug-likeness (QED) is 0.760. The molecule has 0 saturated carbocycles. The molecule has 14 heavy (non-hydrogen) atoms. The van der Waals surface area contributed by atoms with Crippen molar-refractivity contribution in [2.45, 2.75) is 26.3 Å². The van der Waals surface area contributed by atoms with Crippen LogP contribution in [0.5, 0.6) is 0 Å². The zero-order chi connectivity index (χ0) is 10.7. The fourth-order valence-electron chi connectivity index (χ4n) is 1.45. The third-order valence-corrected chi connectivity index (χ3v) is 2.03. The standard InChI is InChI=1S/C9H19N5/c1-7(2)14-8(5-6-10)11-12-9(14)13(3)4/h7H,5-6,10H2,1-4H3. The first-order chi connectivity index (χ1) is 6.57. The Balaban J connectivity index is 3.07. The number of nitrogens with zero attached hydrogens (tertiary/aromatic N) is 4. The molecule has 0 aliphatic heterocycles. The predicted molar refractivity (Wildman–Crippen MR) is 57.5 cm³/mol. The monoisotopic (exact) mass is 197 g/mol. The Labute approximate surface area is 84.9 Å². The second kappa shape index (κ2) is 4.41. The lowest BCUT2D eigenvalue weighted by atomic mass is 10.3. The van der Waals surface area contributed by atoms with E-state index in [0.717, 1.165) is 18.2 Å². The van der Waals surface area contributed by atoms with E-state index in [1.165, 1.54) is 0 Å². The highest BCUT2D eigenvalue weighted by Crippen LogP contribution is 2.17. The SMILES string of the molecule is CC(C)n1c(CCN)nnc1N(C)C. The number of aromatic nitrogens is 3. The number of anilines is 1. The van der Waals surface area contributed by atoms with Crippen LogP contribution in [0.1, 0.15) is 25.7 Å². The van der Waals surface area contributed by atoms with Crippen molar-refractivity contribution in [2.24, 2.45) is 5.73 Å². The van der Waals surface area contributed by atoms with Gasteiger partial charge in [-0.25, -0.2) is 0 Å². The van der Waals surface area contributed by atoms with Crippen molar-refractivity contribution in [1.82, 2.24) is 14.8 Å². The van der Waals surface area contributed by atoms with Crippen LogP contribution in [0.15, 0.2) is 0 Å². The molecule has 2 N–H and O–H groups in total. The van der Waals surface area contributed by atoms with Gasteiger partial charge in [0.2, 0.25) is 5.95 Å². The molecule has 0 aliphatic rings. The van der Waals surface area contributed by atoms with Crippen molar-refractivity contribution >= 4 is 5.95 Å². The molecule has 0 unspecified atom stereocenters. The molecule has 1 aromatic heterocycles. The lowest BCUT2D eigenvalue weighted by Gasteiger charge is -2.17. The minimum atomic E-state index is 0.365. The van der Waals surface area contributed by atoms with Crippen LogP contribution in [-0.2, 0) is 6.42 Å². The van der Waals surface area contributed by atoms with Crippen molar-refractivity contribution in [3.8, 4) is 0 Å². The summed E-state index contributed by atoms with van der Waals surface area (Å²) in [5.74, 6) is 1.86. The van der Waals surface area contributed by atoms with Gasteiger partial charge in [0.15, 0.2) is 0 Å². The predicted octanol–water partition coefficient (Wildman–Crippen LogP) is 0.426. The fourth-order valence-corrected chi connectivity index (χ4v) is 1.45. The van der Waals surface area contributed by atoms with E-state index in [0.29, 0.717) is 12.6 Å². The minimum Gasteiger partial charge on any atom is -0.347 e. The number of rotatable bonds is 4. The van der Waals surface area contributed by atoms with E-state index >= 15 is 0 Å². The maximum absolute atomic E-state index is 5.52. The van der Waals surface area contributed by atoms with Crippen molar-refractivity contribution in [3.05, 3.63) is 5.82 Å². The molecule has 0 spiro atoms. The second-order valence-corrected chi connectivity index (χ2v) is 3.81. The Hall–Kier alpha value is -1.10. The Morgan fingerprint density at radius 1 is 1.36 bits per heavy atom.